The van der Waals surface area contributed by atoms with Crippen LogP contribution in [0.2, 0.25) is 0 Å². The summed E-state index contributed by atoms with van der Waals surface area (Å²) >= 11 is 0. The van der Waals surface area contributed by atoms with Crippen LogP contribution in [0.5, 0.6) is 0 Å². The molecule has 1 saturated carbocycles. The minimum Gasteiger partial charge on any atom is -0.355 e. The van der Waals surface area contributed by atoms with Crippen LogP contribution in [-0.2, 0) is 10.0 Å². The molecule has 1 aliphatic carbocycles. The first kappa shape index (κ1) is 22.0. The number of nitrogens with zero attached hydrogens (tertiary/aromatic N) is 2. The van der Waals surface area contributed by atoms with Gasteiger partial charge in [0.1, 0.15) is 0 Å². The summed E-state index contributed by atoms with van der Waals surface area (Å²) < 4.78 is 25.1. The molecule has 0 aromatic heterocycles. The molecule has 2 aliphatic rings. The van der Waals surface area contributed by atoms with Crippen molar-refractivity contribution in [2.24, 2.45) is 16.8 Å². The summed E-state index contributed by atoms with van der Waals surface area (Å²) in [5, 5.41) is 6.73. The molecular weight excluding hydrogens is 439 g/mol. The maximum Gasteiger partial charge on any atom is 0.214 e. The number of aliphatic imine (C=N–C) groups is 1. The Morgan fingerprint density at radius 3 is 2.42 bits per heavy atom. The van der Waals surface area contributed by atoms with Gasteiger partial charge in [0.15, 0.2) is 5.96 Å². The van der Waals surface area contributed by atoms with Crippen molar-refractivity contribution in [3.05, 3.63) is 0 Å². The topological polar surface area (TPSA) is 73.8 Å². The molecule has 0 spiro atoms. The van der Waals surface area contributed by atoms with Gasteiger partial charge in [-0.25, -0.2) is 12.7 Å². The molecule has 0 aromatic carbocycles. The predicted octanol–water partition coefficient (Wildman–Crippen LogP) is 2.02. The highest BCUT2D eigenvalue weighted by Crippen LogP contribution is 2.29. The van der Waals surface area contributed by atoms with Gasteiger partial charge in [-0.2, -0.15) is 0 Å². The van der Waals surface area contributed by atoms with Crippen LogP contribution >= 0.6 is 24.0 Å². The molecule has 2 N–H and O–H groups in total. The summed E-state index contributed by atoms with van der Waals surface area (Å²) in [5.41, 5.74) is 0. The van der Waals surface area contributed by atoms with Gasteiger partial charge in [0.05, 0.1) is 5.75 Å². The number of nitrogens with one attached hydrogen (secondary N) is 2. The van der Waals surface area contributed by atoms with Crippen LogP contribution in [0.3, 0.4) is 0 Å². The first-order valence-electron chi connectivity index (χ1n) is 8.87. The number of guanidine groups is 1. The van der Waals surface area contributed by atoms with E-state index in [1.165, 1.54) is 25.7 Å². The first-order valence-corrected chi connectivity index (χ1v) is 10.5. The van der Waals surface area contributed by atoms with Crippen molar-refractivity contribution in [1.82, 2.24) is 14.9 Å². The Morgan fingerprint density at radius 1 is 1.25 bits per heavy atom. The molecule has 2 fully saturated rings. The van der Waals surface area contributed by atoms with Crippen molar-refractivity contribution in [2.45, 2.75) is 52.0 Å². The molecule has 0 unspecified atom stereocenters. The van der Waals surface area contributed by atoms with Gasteiger partial charge in [-0.1, -0.05) is 13.8 Å². The highest BCUT2D eigenvalue weighted by atomic mass is 127. The molecule has 2 rings (SSSR count). The second-order valence-corrected chi connectivity index (χ2v) is 9.16. The van der Waals surface area contributed by atoms with E-state index in [1.807, 2.05) is 0 Å². The lowest BCUT2D eigenvalue weighted by molar-refractivity contribution is 0.250. The van der Waals surface area contributed by atoms with E-state index in [2.05, 4.69) is 29.5 Å². The van der Waals surface area contributed by atoms with Gasteiger partial charge >= 0.3 is 0 Å². The van der Waals surface area contributed by atoms with E-state index in [0.717, 1.165) is 24.2 Å². The zero-order valence-electron chi connectivity index (χ0n) is 15.1. The van der Waals surface area contributed by atoms with Gasteiger partial charge in [-0.05, 0) is 43.9 Å². The predicted molar refractivity (Wildman–Crippen MR) is 110 cm³/mol. The Hall–Kier alpha value is -0.0900. The van der Waals surface area contributed by atoms with E-state index in [9.17, 15) is 8.42 Å². The van der Waals surface area contributed by atoms with Crippen molar-refractivity contribution >= 4 is 40.0 Å². The van der Waals surface area contributed by atoms with Crippen molar-refractivity contribution in [3.63, 3.8) is 0 Å². The molecule has 0 radical (unpaired) electrons. The van der Waals surface area contributed by atoms with Crippen LogP contribution in [0.1, 0.15) is 46.0 Å². The fraction of sp³-hybridized carbons (Fsp3) is 0.938. The SMILES string of the molecule is CN=C(NCCN1CCCS1(=O)=O)NC1CCC(C(C)C)CC1.I. The van der Waals surface area contributed by atoms with Gasteiger partial charge in [0.25, 0.3) is 0 Å². The normalized spacial score (nSPS) is 27.8. The minimum atomic E-state index is -3.00. The molecule has 1 heterocycles. The van der Waals surface area contributed by atoms with Gasteiger partial charge in [-0.15, -0.1) is 24.0 Å². The Balaban J connectivity index is 0.00000288. The van der Waals surface area contributed by atoms with Gasteiger partial charge in [-0.3, -0.25) is 4.99 Å². The van der Waals surface area contributed by atoms with Crippen molar-refractivity contribution in [2.75, 3.05) is 32.4 Å². The second kappa shape index (κ2) is 10.2. The quantitative estimate of drug-likeness (QED) is 0.365. The molecule has 8 heteroatoms. The van der Waals surface area contributed by atoms with E-state index in [0.29, 0.717) is 31.4 Å². The highest BCUT2D eigenvalue weighted by Gasteiger charge is 2.27. The fourth-order valence-corrected chi connectivity index (χ4v) is 5.09. The van der Waals surface area contributed by atoms with Crippen molar-refractivity contribution in [3.8, 4) is 0 Å². The summed E-state index contributed by atoms with van der Waals surface area (Å²) in [7, 11) is -1.23. The number of halogens is 1. The third-order valence-electron chi connectivity index (χ3n) is 5.14. The number of hydrogen-bond donors (Lipinski definition) is 2. The zero-order chi connectivity index (χ0) is 16.9. The standard InChI is InChI=1S/C16H32N4O2S.HI/c1-13(2)14-5-7-15(8-6-14)19-16(17-3)18-9-11-20-10-4-12-23(20,21)22;/h13-15H,4-12H2,1-3H3,(H2,17,18,19);1H. The summed E-state index contributed by atoms with van der Waals surface area (Å²) in [6, 6.07) is 0.478. The molecule has 24 heavy (non-hydrogen) atoms. The van der Waals surface area contributed by atoms with E-state index in [4.69, 9.17) is 0 Å². The third kappa shape index (κ3) is 6.33. The average Bonchev–Trinajstić information content (AvgIpc) is 2.85. The lowest BCUT2D eigenvalue weighted by Gasteiger charge is -2.32. The third-order valence-corrected chi connectivity index (χ3v) is 7.09. The van der Waals surface area contributed by atoms with Crippen LogP contribution in [0.25, 0.3) is 0 Å². The van der Waals surface area contributed by atoms with Crippen LogP contribution in [0, 0.1) is 11.8 Å². The van der Waals surface area contributed by atoms with Gasteiger partial charge < -0.3 is 10.6 Å². The Morgan fingerprint density at radius 2 is 1.92 bits per heavy atom. The maximum absolute atomic E-state index is 11.8. The highest BCUT2D eigenvalue weighted by molar-refractivity contribution is 14.0. The summed E-state index contributed by atoms with van der Waals surface area (Å²) in [6.45, 7) is 6.38. The van der Waals surface area contributed by atoms with E-state index in [1.54, 1.807) is 11.4 Å². The Kier molecular flexibility index (Phi) is 9.29. The Labute approximate surface area is 164 Å². The molecule has 0 bridgehead atoms. The minimum absolute atomic E-state index is 0. The van der Waals surface area contributed by atoms with Crippen LogP contribution in [0.15, 0.2) is 4.99 Å². The number of sulfonamides is 1. The second-order valence-electron chi connectivity index (χ2n) is 7.07. The van der Waals surface area contributed by atoms with Crippen molar-refractivity contribution < 1.29 is 8.42 Å². The molecule has 6 nitrogen and oxygen atoms in total. The number of rotatable bonds is 5. The van der Waals surface area contributed by atoms with E-state index >= 15 is 0 Å². The summed E-state index contributed by atoms with van der Waals surface area (Å²) in [5.74, 6) is 2.70. The Bertz CT molecular complexity index is 502. The van der Waals surface area contributed by atoms with E-state index < -0.39 is 10.0 Å². The van der Waals surface area contributed by atoms with Gasteiger partial charge in [0.2, 0.25) is 10.0 Å². The molecule has 1 saturated heterocycles. The molecule has 1 aliphatic heterocycles. The molecule has 0 atom stereocenters. The van der Waals surface area contributed by atoms with Gasteiger partial charge in [0, 0.05) is 32.7 Å². The van der Waals surface area contributed by atoms with Crippen LogP contribution in [-0.4, -0.2) is 57.2 Å². The van der Waals surface area contributed by atoms with Crippen LogP contribution < -0.4 is 10.6 Å². The monoisotopic (exact) mass is 472 g/mol. The fourth-order valence-electron chi connectivity index (χ4n) is 3.56. The van der Waals surface area contributed by atoms with Crippen LogP contribution in [0.4, 0.5) is 0 Å². The largest absolute Gasteiger partial charge is 0.355 e. The zero-order valence-corrected chi connectivity index (χ0v) is 18.3. The summed E-state index contributed by atoms with van der Waals surface area (Å²) in [6.07, 6.45) is 5.67. The smallest absolute Gasteiger partial charge is 0.214 e. The molecule has 142 valence electrons. The van der Waals surface area contributed by atoms with E-state index in [-0.39, 0.29) is 24.0 Å². The molecular formula is C16H33IN4O2S. The average molecular weight is 472 g/mol. The van der Waals surface area contributed by atoms with Crippen molar-refractivity contribution in [1.29, 1.82) is 0 Å². The maximum atomic E-state index is 11.8. The summed E-state index contributed by atoms with van der Waals surface area (Å²) in [4.78, 5) is 4.26. The lowest BCUT2D eigenvalue weighted by Crippen LogP contribution is -2.47. The number of hydrogen-bond acceptors (Lipinski definition) is 3. The lowest BCUT2D eigenvalue weighted by atomic mass is 9.80. The molecule has 0 amide bonds. The molecule has 0 aromatic rings. The first-order chi connectivity index (χ1) is 10.9.